The number of allylic oxidation sites excluding steroid dienone is 3. The second-order valence-corrected chi connectivity index (χ2v) is 7.23. The lowest BCUT2D eigenvalue weighted by Gasteiger charge is -2.28. The Morgan fingerprint density at radius 3 is 2.29 bits per heavy atom. The minimum absolute atomic E-state index is 0.0407. The van der Waals surface area contributed by atoms with E-state index in [1.54, 1.807) is 0 Å². The fourth-order valence-corrected chi connectivity index (χ4v) is 2.70. The van der Waals surface area contributed by atoms with Crippen molar-refractivity contribution in [2.75, 3.05) is 25.6 Å². The van der Waals surface area contributed by atoms with Gasteiger partial charge in [0, 0.05) is 19.8 Å². The first-order valence-electron chi connectivity index (χ1n) is 8.59. The summed E-state index contributed by atoms with van der Waals surface area (Å²) in [6.07, 6.45) is 4.13. The number of azo groups is 1. The number of nitrogens with zero attached hydrogens (tertiary/aromatic N) is 3. The van der Waals surface area contributed by atoms with Crippen LogP contribution in [0.2, 0.25) is 0 Å². The maximum Gasteiger partial charge on any atom is 0.146 e. The van der Waals surface area contributed by atoms with Crippen LogP contribution in [0.4, 0.5) is 11.4 Å². The van der Waals surface area contributed by atoms with Crippen LogP contribution in [-0.2, 0) is 4.74 Å². The maximum atomic E-state index is 5.92. The maximum absolute atomic E-state index is 5.92. The molecule has 24 heavy (non-hydrogen) atoms. The largest absolute Gasteiger partial charge is 0.492 e. The number of hydrogen-bond donors (Lipinski definition) is 0. The van der Waals surface area contributed by atoms with Crippen LogP contribution in [0.3, 0.4) is 0 Å². The number of benzene rings is 1. The van der Waals surface area contributed by atoms with Crippen LogP contribution >= 0.6 is 0 Å². The molecule has 0 amide bonds. The summed E-state index contributed by atoms with van der Waals surface area (Å²) in [5, 5.41) is 8.94. The Hall–Kier alpha value is -2.10. The Labute approximate surface area is 145 Å². The van der Waals surface area contributed by atoms with Crippen LogP contribution in [0.1, 0.15) is 40.5 Å². The predicted molar refractivity (Wildman–Crippen MR) is 101 cm³/mol. The second kappa shape index (κ2) is 7.65. The van der Waals surface area contributed by atoms with E-state index in [9.17, 15) is 0 Å². The van der Waals surface area contributed by atoms with Crippen LogP contribution in [-0.4, -0.2) is 20.7 Å². The van der Waals surface area contributed by atoms with E-state index in [2.05, 4.69) is 42.0 Å². The van der Waals surface area contributed by atoms with Crippen LogP contribution in [0.15, 0.2) is 57.6 Å². The van der Waals surface area contributed by atoms with Gasteiger partial charge in [0.05, 0.1) is 12.3 Å². The zero-order valence-electron chi connectivity index (χ0n) is 15.8. The highest BCUT2D eigenvalue weighted by Gasteiger charge is 2.27. The molecule has 2 rings (SSSR count). The van der Waals surface area contributed by atoms with Gasteiger partial charge >= 0.3 is 0 Å². The molecule has 0 aromatic heterocycles. The highest BCUT2D eigenvalue weighted by atomic mass is 16.5. The van der Waals surface area contributed by atoms with Crippen molar-refractivity contribution in [3.8, 4) is 0 Å². The van der Waals surface area contributed by atoms with Gasteiger partial charge in [-0.05, 0) is 55.0 Å². The number of anilines is 1. The molecule has 4 heteroatoms. The molecule has 0 spiro atoms. The van der Waals surface area contributed by atoms with Gasteiger partial charge in [0.2, 0.25) is 0 Å². The van der Waals surface area contributed by atoms with E-state index in [0.29, 0.717) is 6.61 Å². The van der Waals surface area contributed by atoms with Crippen molar-refractivity contribution in [1.82, 2.24) is 0 Å². The summed E-state index contributed by atoms with van der Waals surface area (Å²) < 4.78 is 5.92. The first kappa shape index (κ1) is 18.2. The molecule has 0 unspecified atom stereocenters. The molecular weight excluding hydrogens is 298 g/mol. The predicted octanol–water partition coefficient (Wildman–Crippen LogP) is 5.85. The number of hydrogen-bond acceptors (Lipinski definition) is 4. The first-order valence-corrected chi connectivity index (χ1v) is 8.59. The molecule has 0 bridgehead atoms. The summed E-state index contributed by atoms with van der Waals surface area (Å²) in [5.74, 6) is 0.907. The lowest BCUT2D eigenvalue weighted by Crippen LogP contribution is -2.17. The monoisotopic (exact) mass is 327 g/mol. The normalized spacial score (nSPS) is 15.7. The quantitative estimate of drug-likeness (QED) is 0.636. The SMILES string of the molecule is CCOC1=C(N=Nc2ccc(N(C)C)cc2)CCC=C1C(C)(C)C. The van der Waals surface area contributed by atoms with Crippen LogP contribution in [0, 0.1) is 5.41 Å². The van der Waals surface area contributed by atoms with Crippen LogP contribution < -0.4 is 4.90 Å². The average molecular weight is 327 g/mol. The molecule has 0 saturated heterocycles. The molecule has 0 fully saturated rings. The van der Waals surface area contributed by atoms with Gasteiger partial charge in [-0.15, -0.1) is 0 Å². The zero-order valence-corrected chi connectivity index (χ0v) is 15.8. The average Bonchev–Trinajstić information content (AvgIpc) is 2.53. The molecule has 0 N–H and O–H groups in total. The molecule has 0 radical (unpaired) electrons. The third-order valence-corrected chi connectivity index (χ3v) is 3.99. The fraction of sp³-hybridized carbons (Fsp3) is 0.500. The summed E-state index contributed by atoms with van der Waals surface area (Å²) >= 11 is 0. The van der Waals surface area contributed by atoms with Gasteiger partial charge < -0.3 is 9.64 Å². The lowest BCUT2D eigenvalue weighted by molar-refractivity contribution is 0.218. The van der Waals surface area contributed by atoms with Gasteiger partial charge in [-0.2, -0.15) is 10.2 Å². The number of ether oxygens (including phenoxy) is 1. The summed E-state index contributed by atoms with van der Waals surface area (Å²) in [6, 6.07) is 8.08. The molecule has 0 aliphatic heterocycles. The van der Waals surface area contributed by atoms with Crippen molar-refractivity contribution in [2.24, 2.45) is 15.6 Å². The van der Waals surface area contributed by atoms with Crippen LogP contribution in [0.25, 0.3) is 0 Å². The van der Waals surface area contributed by atoms with E-state index in [0.717, 1.165) is 35.7 Å². The van der Waals surface area contributed by atoms with Crippen molar-refractivity contribution in [1.29, 1.82) is 0 Å². The van der Waals surface area contributed by atoms with Crippen molar-refractivity contribution < 1.29 is 4.74 Å². The van der Waals surface area contributed by atoms with E-state index in [4.69, 9.17) is 4.74 Å². The Morgan fingerprint density at radius 1 is 1.08 bits per heavy atom. The van der Waals surface area contributed by atoms with Gasteiger partial charge in [-0.3, -0.25) is 0 Å². The van der Waals surface area contributed by atoms with Gasteiger partial charge in [0.25, 0.3) is 0 Å². The second-order valence-electron chi connectivity index (χ2n) is 7.23. The topological polar surface area (TPSA) is 37.2 Å². The molecule has 0 atom stereocenters. The summed E-state index contributed by atoms with van der Waals surface area (Å²) in [6.45, 7) is 9.27. The third-order valence-electron chi connectivity index (χ3n) is 3.99. The smallest absolute Gasteiger partial charge is 0.146 e. The summed E-state index contributed by atoms with van der Waals surface area (Å²) in [7, 11) is 4.05. The van der Waals surface area contributed by atoms with E-state index in [-0.39, 0.29) is 5.41 Å². The van der Waals surface area contributed by atoms with Crippen molar-refractivity contribution in [2.45, 2.75) is 40.5 Å². The lowest BCUT2D eigenvalue weighted by atomic mass is 9.81. The molecule has 1 aromatic carbocycles. The van der Waals surface area contributed by atoms with E-state index in [1.807, 2.05) is 45.3 Å². The van der Waals surface area contributed by atoms with Crippen LogP contribution in [0.5, 0.6) is 0 Å². The van der Waals surface area contributed by atoms with E-state index < -0.39 is 0 Å². The van der Waals surface area contributed by atoms with E-state index in [1.165, 1.54) is 5.57 Å². The Morgan fingerprint density at radius 2 is 1.75 bits per heavy atom. The molecule has 0 saturated carbocycles. The fourth-order valence-electron chi connectivity index (χ4n) is 2.70. The molecule has 130 valence electrons. The molecule has 1 aliphatic carbocycles. The molecule has 4 nitrogen and oxygen atoms in total. The van der Waals surface area contributed by atoms with E-state index >= 15 is 0 Å². The van der Waals surface area contributed by atoms with Gasteiger partial charge in [0.15, 0.2) is 0 Å². The van der Waals surface area contributed by atoms with Gasteiger partial charge in [-0.1, -0.05) is 26.8 Å². The molecular formula is C20H29N3O. The summed E-state index contributed by atoms with van der Waals surface area (Å²) in [5.41, 5.74) is 4.22. The van der Waals surface area contributed by atoms with Crippen molar-refractivity contribution in [3.63, 3.8) is 0 Å². The zero-order chi connectivity index (χ0) is 17.7. The third kappa shape index (κ3) is 4.47. The van der Waals surface area contributed by atoms with Gasteiger partial charge in [-0.25, -0.2) is 0 Å². The van der Waals surface area contributed by atoms with Crippen molar-refractivity contribution >= 4 is 11.4 Å². The Kier molecular flexibility index (Phi) is 5.81. The Bertz CT molecular complexity index is 646. The molecule has 1 aromatic rings. The molecule has 0 heterocycles. The standard InChI is InChI=1S/C20H29N3O/c1-7-24-19-17(20(2,3)4)9-8-10-18(19)22-21-15-11-13-16(14-12-15)23(5)6/h9,11-14H,7-8,10H2,1-6H3. The van der Waals surface area contributed by atoms with Crippen molar-refractivity contribution in [3.05, 3.63) is 47.4 Å². The minimum Gasteiger partial charge on any atom is -0.492 e. The Balaban J connectivity index is 2.28. The summed E-state index contributed by atoms with van der Waals surface area (Å²) in [4.78, 5) is 2.07. The number of rotatable bonds is 5. The molecule has 1 aliphatic rings. The highest BCUT2D eigenvalue weighted by Crippen LogP contribution is 2.38. The minimum atomic E-state index is 0.0407. The highest BCUT2D eigenvalue weighted by molar-refractivity contribution is 5.51. The van der Waals surface area contributed by atoms with Gasteiger partial charge in [0.1, 0.15) is 11.5 Å². The first-order chi connectivity index (χ1) is 11.3.